The van der Waals surface area contributed by atoms with Crippen LogP contribution in [0.15, 0.2) is 18.2 Å². The first-order valence-electron chi connectivity index (χ1n) is 7.81. The van der Waals surface area contributed by atoms with Gasteiger partial charge in [-0.05, 0) is 62.7 Å². The van der Waals surface area contributed by atoms with Gasteiger partial charge < -0.3 is 15.0 Å². The second kappa shape index (κ2) is 7.09. The Balaban J connectivity index is 2.32. The van der Waals surface area contributed by atoms with Crippen LogP contribution in [0.25, 0.3) is 0 Å². The fraction of sp³-hybridized carbons (Fsp3) is 0.647. The number of likely N-dealkylation sites (N-methyl/N-ethyl adjacent to an activating group) is 1. The van der Waals surface area contributed by atoms with Crippen LogP contribution in [-0.2, 0) is 6.42 Å². The number of rotatable bonds is 6. The molecule has 1 aromatic carbocycles. The minimum absolute atomic E-state index is 0.416. The molecule has 0 fully saturated rings. The van der Waals surface area contributed by atoms with E-state index in [-0.39, 0.29) is 0 Å². The smallest absolute Gasteiger partial charge is 0.119 e. The van der Waals surface area contributed by atoms with Crippen molar-refractivity contribution in [1.82, 2.24) is 10.2 Å². The van der Waals surface area contributed by atoms with Gasteiger partial charge in [-0.2, -0.15) is 0 Å². The summed E-state index contributed by atoms with van der Waals surface area (Å²) in [6.45, 7) is 6.61. The summed E-state index contributed by atoms with van der Waals surface area (Å²) in [5, 5.41) is 3.75. The van der Waals surface area contributed by atoms with Crippen LogP contribution in [0.4, 0.5) is 0 Å². The summed E-state index contributed by atoms with van der Waals surface area (Å²) in [5.74, 6) is 0.965. The Morgan fingerprint density at radius 3 is 2.80 bits per heavy atom. The summed E-state index contributed by atoms with van der Waals surface area (Å²) in [6, 6.07) is 7.53. The number of benzene rings is 1. The molecule has 0 saturated carbocycles. The minimum atomic E-state index is 0.416. The Hall–Kier alpha value is -1.06. The van der Waals surface area contributed by atoms with Crippen LogP contribution >= 0.6 is 0 Å². The van der Waals surface area contributed by atoms with Gasteiger partial charge in [0.15, 0.2) is 0 Å². The number of nitrogens with one attached hydrogen (secondary N) is 1. The van der Waals surface area contributed by atoms with E-state index in [0.29, 0.717) is 12.1 Å². The average molecular weight is 276 g/mol. The average Bonchev–Trinajstić information content (AvgIpc) is 2.51. The number of hydrogen-bond acceptors (Lipinski definition) is 3. The highest BCUT2D eigenvalue weighted by atomic mass is 16.5. The molecule has 20 heavy (non-hydrogen) atoms. The van der Waals surface area contributed by atoms with E-state index >= 15 is 0 Å². The molecule has 0 aliphatic heterocycles. The zero-order valence-electron chi connectivity index (χ0n) is 13.3. The highest BCUT2D eigenvalue weighted by molar-refractivity contribution is 5.40. The topological polar surface area (TPSA) is 24.5 Å². The van der Waals surface area contributed by atoms with E-state index < -0.39 is 0 Å². The van der Waals surface area contributed by atoms with Crippen LogP contribution in [0, 0.1) is 0 Å². The molecule has 0 saturated heterocycles. The normalized spacial score (nSPS) is 21.9. The molecule has 1 aliphatic rings. The standard InChI is InChI=1S/C17H28N2O/c1-5-11-18-17-15-12-14(20-4)9-7-13(15)8-10-16(17)19(3)6-2/h7,9,12,16-18H,5-6,8,10-11H2,1-4H3. The predicted octanol–water partition coefficient (Wildman–Crippen LogP) is 3.00. The SMILES string of the molecule is CCCNC1c2cc(OC)ccc2CCC1N(C)CC. The van der Waals surface area contributed by atoms with Crippen molar-refractivity contribution in [3.05, 3.63) is 29.3 Å². The lowest BCUT2D eigenvalue weighted by atomic mass is 9.83. The third-order valence-corrected chi connectivity index (χ3v) is 4.46. The summed E-state index contributed by atoms with van der Waals surface area (Å²) in [6.07, 6.45) is 3.56. The number of hydrogen-bond donors (Lipinski definition) is 1. The fourth-order valence-corrected chi connectivity index (χ4v) is 3.15. The molecule has 0 radical (unpaired) electrons. The highest BCUT2D eigenvalue weighted by Crippen LogP contribution is 2.34. The molecule has 2 unspecified atom stereocenters. The molecule has 2 rings (SSSR count). The van der Waals surface area contributed by atoms with Gasteiger partial charge in [-0.15, -0.1) is 0 Å². The maximum Gasteiger partial charge on any atom is 0.119 e. The largest absolute Gasteiger partial charge is 0.497 e. The van der Waals surface area contributed by atoms with Crippen molar-refractivity contribution >= 4 is 0 Å². The fourth-order valence-electron chi connectivity index (χ4n) is 3.15. The second-order valence-electron chi connectivity index (χ2n) is 5.68. The zero-order chi connectivity index (χ0) is 14.5. The van der Waals surface area contributed by atoms with Gasteiger partial charge in [0.25, 0.3) is 0 Å². The molecule has 112 valence electrons. The molecule has 3 heteroatoms. The molecule has 1 N–H and O–H groups in total. The van der Waals surface area contributed by atoms with Crippen molar-refractivity contribution in [2.24, 2.45) is 0 Å². The summed E-state index contributed by atoms with van der Waals surface area (Å²) in [4.78, 5) is 2.47. The molecule has 0 heterocycles. The first kappa shape index (κ1) is 15.3. The Morgan fingerprint density at radius 1 is 1.35 bits per heavy atom. The van der Waals surface area contributed by atoms with Crippen LogP contribution in [0.2, 0.25) is 0 Å². The maximum atomic E-state index is 5.41. The van der Waals surface area contributed by atoms with Gasteiger partial charge in [0.2, 0.25) is 0 Å². The first-order valence-corrected chi connectivity index (χ1v) is 7.81. The molecule has 1 aliphatic carbocycles. The number of fused-ring (bicyclic) bond motifs is 1. The van der Waals surface area contributed by atoms with Crippen LogP contribution < -0.4 is 10.1 Å². The summed E-state index contributed by atoms with van der Waals surface area (Å²) >= 11 is 0. The van der Waals surface area contributed by atoms with Gasteiger partial charge in [-0.25, -0.2) is 0 Å². The van der Waals surface area contributed by atoms with Crippen LogP contribution in [0.3, 0.4) is 0 Å². The van der Waals surface area contributed by atoms with E-state index in [0.717, 1.165) is 18.8 Å². The lowest BCUT2D eigenvalue weighted by Gasteiger charge is -2.39. The molecule has 0 aromatic heterocycles. The van der Waals surface area contributed by atoms with Gasteiger partial charge in [0, 0.05) is 12.1 Å². The number of ether oxygens (including phenoxy) is 1. The second-order valence-corrected chi connectivity index (χ2v) is 5.68. The quantitative estimate of drug-likeness (QED) is 0.864. The molecule has 2 atom stereocenters. The van der Waals surface area contributed by atoms with Crippen molar-refractivity contribution in [1.29, 1.82) is 0 Å². The Kier molecular flexibility index (Phi) is 5.44. The molecular formula is C17H28N2O. The van der Waals surface area contributed by atoms with E-state index in [1.165, 1.54) is 30.4 Å². The summed E-state index contributed by atoms with van der Waals surface area (Å²) in [5.41, 5.74) is 2.90. The maximum absolute atomic E-state index is 5.41. The monoisotopic (exact) mass is 276 g/mol. The third kappa shape index (κ3) is 3.15. The van der Waals surface area contributed by atoms with Crippen molar-refractivity contribution in [2.45, 2.75) is 45.2 Å². The lowest BCUT2D eigenvalue weighted by molar-refractivity contribution is 0.180. The molecule has 1 aromatic rings. The number of nitrogens with zero attached hydrogens (tertiary/aromatic N) is 1. The van der Waals surface area contributed by atoms with E-state index in [1.54, 1.807) is 7.11 Å². The summed E-state index contributed by atoms with van der Waals surface area (Å²) in [7, 11) is 3.98. The number of aryl methyl sites for hydroxylation is 1. The Labute approximate surface area is 123 Å². The van der Waals surface area contributed by atoms with Gasteiger partial charge in [0.05, 0.1) is 7.11 Å². The first-order chi connectivity index (χ1) is 9.71. The predicted molar refractivity (Wildman–Crippen MR) is 84.4 cm³/mol. The summed E-state index contributed by atoms with van der Waals surface area (Å²) < 4.78 is 5.41. The van der Waals surface area contributed by atoms with Gasteiger partial charge >= 0.3 is 0 Å². The van der Waals surface area contributed by atoms with Gasteiger partial charge in [0.1, 0.15) is 5.75 Å². The van der Waals surface area contributed by atoms with Crippen molar-refractivity contribution in [3.8, 4) is 5.75 Å². The van der Waals surface area contributed by atoms with Gasteiger partial charge in [-0.1, -0.05) is 19.9 Å². The lowest BCUT2D eigenvalue weighted by Crippen LogP contribution is -2.45. The van der Waals surface area contributed by atoms with E-state index in [9.17, 15) is 0 Å². The Morgan fingerprint density at radius 2 is 2.15 bits per heavy atom. The molecule has 3 nitrogen and oxygen atoms in total. The van der Waals surface area contributed by atoms with Crippen molar-refractivity contribution in [2.75, 3.05) is 27.2 Å². The van der Waals surface area contributed by atoms with E-state index in [1.807, 2.05) is 0 Å². The van der Waals surface area contributed by atoms with Crippen LogP contribution in [-0.4, -0.2) is 38.2 Å². The minimum Gasteiger partial charge on any atom is -0.497 e. The Bertz CT molecular complexity index is 433. The van der Waals surface area contributed by atoms with Crippen LogP contribution in [0.1, 0.15) is 43.9 Å². The van der Waals surface area contributed by atoms with E-state index in [2.05, 4.69) is 49.3 Å². The van der Waals surface area contributed by atoms with Crippen molar-refractivity contribution in [3.63, 3.8) is 0 Å². The van der Waals surface area contributed by atoms with E-state index in [4.69, 9.17) is 4.74 Å². The molecular weight excluding hydrogens is 248 g/mol. The molecule has 0 amide bonds. The highest BCUT2D eigenvalue weighted by Gasteiger charge is 2.31. The van der Waals surface area contributed by atoms with Gasteiger partial charge in [-0.3, -0.25) is 0 Å². The third-order valence-electron chi connectivity index (χ3n) is 4.46. The van der Waals surface area contributed by atoms with Crippen molar-refractivity contribution < 1.29 is 4.74 Å². The molecule has 0 spiro atoms. The number of methoxy groups -OCH3 is 1. The van der Waals surface area contributed by atoms with Crippen LogP contribution in [0.5, 0.6) is 5.75 Å². The molecule has 0 bridgehead atoms. The zero-order valence-corrected chi connectivity index (χ0v) is 13.3.